The Morgan fingerprint density at radius 2 is 1.84 bits per heavy atom. The Hall–Kier alpha value is -2.44. The predicted molar refractivity (Wildman–Crippen MR) is 121 cm³/mol. The summed E-state index contributed by atoms with van der Waals surface area (Å²) in [5.41, 5.74) is 2.05. The van der Waals surface area contributed by atoms with Crippen molar-refractivity contribution >= 4 is 11.7 Å². The first kappa shape index (κ1) is 20.5. The molecule has 1 aromatic carbocycles. The minimum absolute atomic E-state index is 0.171. The Kier molecular flexibility index (Phi) is 6.18. The maximum Gasteiger partial charge on any atom is 0.253 e. The molecule has 2 atom stereocenters. The lowest BCUT2D eigenvalue weighted by Gasteiger charge is -2.30. The van der Waals surface area contributed by atoms with Gasteiger partial charge in [0.2, 0.25) is 0 Å². The third-order valence-corrected chi connectivity index (χ3v) is 6.98. The van der Waals surface area contributed by atoms with Crippen LogP contribution in [0.1, 0.15) is 35.2 Å². The molecule has 0 N–H and O–H groups in total. The van der Waals surface area contributed by atoms with Gasteiger partial charge in [0.15, 0.2) is 0 Å². The van der Waals surface area contributed by atoms with Gasteiger partial charge in [-0.2, -0.15) is 0 Å². The van der Waals surface area contributed by atoms with Gasteiger partial charge in [-0.3, -0.25) is 9.69 Å². The Balaban J connectivity index is 1.26. The van der Waals surface area contributed by atoms with E-state index >= 15 is 0 Å². The van der Waals surface area contributed by atoms with Crippen LogP contribution >= 0.6 is 0 Å². The highest BCUT2D eigenvalue weighted by molar-refractivity contribution is 5.94. The quantitative estimate of drug-likeness (QED) is 0.761. The van der Waals surface area contributed by atoms with E-state index in [1.807, 2.05) is 36.5 Å². The van der Waals surface area contributed by atoms with E-state index in [2.05, 4.69) is 26.8 Å². The molecular formula is C25H32N4O2. The van der Waals surface area contributed by atoms with Crippen LogP contribution in [-0.4, -0.2) is 72.7 Å². The van der Waals surface area contributed by atoms with Crippen molar-refractivity contribution in [1.82, 2.24) is 14.8 Å². The van der Waals surface area contributed by atoms with Crippen molar-refractivity contribution in [3.05, 3.63) is 59.8 Å². The van der Waals surface area contributed by atoms with Gasteiger partial charge < -0.3 is 14.5 Å². The van der Waals surface area contributed by atoms with Crippen LogP contribution in [0.3, 0.4) is 0 Å². The van der Waals surface area contributed by atoms with E-state index in [-0.39, 0.29) is 5.91 Å². The highest BCUT2D eigenvalue weighted by Crippen LogP contribution is 2.32. The summed E-state index contributed by atoms with van der Waals surface area (Å²) in [6, 6.07) is 14.5. The van der Waals surface area contributed by atoms with E-state index < -0.39 is 0 Å². The maximum absolute atomic E-state index is 13.0. The standard InChI is InChI=1S/C25H32N4O2/c30-25(21-6-2-1-3-7-21)29-18-22-8-4-5-11-28(23(22)19-29)17-20-9-10-24(26-16-20)27-12-14-31-15-13-27/h1-3,6-7,9-10,16,22-23H,4-5,8,11-15,17-19H2/t22-,23+/m0/s1. The van der Waals surface area contributed by atoms with Gasteiger partial charge in [-0.15, -0.1) is 0 Å². The molecule has 0 bridgehead atoms. The summed E-state index contributed by atoms with van der Waals surface area (Å²) < 4.78 is 5.45. The Bertz CT molecular complexity index is 867. The molecule has 31 heavy (non-hydrogen) atoms. The first-order valence-corrected chi connectivity index (χ1v) is 11.6. The zero-order chi connectivity index (χ0) is 21.0. The summed E-state index contributed by atoms with van der Waals surface area (Å²) in [7, 11) is 0. The molecule has 0 saturated carbocycles. The van der Waals surface area contributed by atoms with Crippen molar-refractivity contribution in [3.8, 4) is 0 Å². The Labute approximate surface area is 184 Å². The van der Waals surface area contributed by atoms with E-state index in [1.54, 1.807) is 0 Å². The SMILES string of the molecule is O=C(c1ccccc1)N1C[C@@H]2CCCCN(Cc3ccc(N4CCOCC4)nc3)[C@@H]2C1. The highest BCUT2D eigenvalue weighted by atomic mass is 16.5. The number of likely N-dealkylation sites (tertiary alicyclic amines) is 2. The number of aromatic nitrogens is 1. The zero-order valence-corrected chi connectivity index (χ0v) is 18.2. The lowest BCUT2D eigenvalue weighted by Crippen LogP contribution is -2.40. The molecule has 6 nitrogen and oxygen atoms in total. The Morgan fingerprint density at radius 3 is 2.61 bits per heavy atom. The van der Waals surface area contributed by atoms with Crippen molar-refractivity contribution in [3.63, 3.8) is 0 Å². The average Bonchev–Trinajstić information content (AvgIpc) is 3.17. The van der Waals surface area contributed by atoms with Gasteiger partial charge in [-0.25, -0.2) is 4.98 Å². The fourth-order valence-electron chi connectivity index (χ4n) is 5.29. The number of fused-ring (bicyclic) bond motifs is 1. The molecule has 0 radical (unpaired) electrons. The fraction of sp³-hybridized carbons (Fsp3) is 0.520. The average molecular weight is 421 g/mol. The molecular weight excluding hydrogens is 388 g/mol. The van der Waals surface area contributed by atoms with Crippen LogP contribution in [-0.2, 0) is 11.3 Å². The number of benzene rings is 1. The summed E-state index contributed by atoms with van der Waals surface area (Å²) in [5, 5.41) is 0. The number of amides is 1. The van der Waals surface area contributed by atoms with Crippen LogP contribution in [0.2, 0.25) is 0 Å². The third-order valence-electron chi connectivity index (χ3n) is 6.98. The van der Waals surface area contributed by atoms with E-state index in [4.69, 9.17) is 9.72 Å². The highest BCUT2D eigenvalue weighted by Gasteiger charge is 2.39. The van der Waals surface area contributed by atoms with Gasteiger partial charge >= 0.3 is 0 Å². The number of rotatable bonds is 4. The lowest BCUT2D eigenvalue weighted by atomic mass is 9.98. The number of morpholine rings is 1. The molecule has 0 aliphatic carbocycles. The van der Waals surface area contributed by atoms with Crippen molar-refractivity contribution < 1.29 is 9.53 Å². The van der Waals surface area contributed by atoms with Crippen LogP contribution in [0.5, 0.6) is 0 Å². The van der Waals surface area contributed by atoms with Crippen molar-refractivity contribution in [2.45, 2.75) is 31.8 Å². The molecule has 6 heteroatoms. The van der Waals surface area contributed by atoms with E-state index in [9.17, 15) is 4.79 Å². The molecule has 1 amide bonds. The summed E-state index contributed by atoms with van der Waals surface area (Å²) in [6.07, 6.45) is 5.73. The second-order valence-corrected chi connectivity index (χ2v) is 8.99. The number of hydrogen-bond acceptors (Lipinski definition) is 5. The number of ether oxygens (including phenoxy) is 1. The van der Waals surface area contributed by atoms with Gasteiger partial charge in [0.1, 0.15) is 5.82 Å². The molecule has 5 rings (SSSR count). The molecule has 3 aliphatic rings. The summed E-state index contributed by atoms with van der Waals surface area (Å²) in [4.78, 5) is 24.7. The number of nitrogens with zero attached hydrogens (tertiary/aromatic N) is 4. The minimum atomic E-state index is 0.171. The van der Waals surface area contributed by atoms with E-state index in [1.165, 1.54) is 24.8 Å². The van der Waals surface area contributed by atoms with Crippen LogP contribution in [0.15, 0.2) is 48.7 Å². The molecule has 3 saturated heterocycles. The van der Waals surface area contributed by atoms with Gasteiger partial charge in [-0.05, 0) is 49.1 Å². The third kappa shape index (κ3) is 4.60. The molecule has 4 heterocycles. The topological polar surface area (TPSA) is 48.9 Å². The molecule has 0 unspecified atom stereocenters. The first-order chi connectivity index (χ1) is 15.3. The monoisotopic (exact) mass is 420 g/mol. The second-order valence-electron chi connectivity index (χ2n) is 8.99. The van der Waals surface area contributed by atoms with Gasteiger partial charge in [0.05, 0.1) is 13.2 Å². The number of carbonyl (C=O) groups is 1. The summed E-state index contributed by atoms with van der Waals surface area (Å²) in [6.45, 7) is 7.09. The molecule has 164 valence electrons. The predicted octanol–water partition coefficient (Wildman–Crippen LogP) is 3.04. The largest absolute Gasteiger partial charge is 0.378 e. The van der Waals surface area contributed by atoms with Crippen LogP contribution in [0.25, 0.3) is 0 Å². The molecule has 0 spiro atoms. The molecule has 3 aliphatic heterocycles. The van der Waals surface area contributed by atoms with Crippen molar-refractivity contribution in [2.24, 2.45) is 5.92 Å². The van der Waals surface area contributed by atoms with Crippen LogP contribution in [0.4, 0.5) is 5.82 Å². The molecule has 1 aromatic heterocycles. The molecule has 3 fully saturated rings. The van der Waals surface area contributed by atoms with Gasteiger partial charge in [0, 0.05) is 50.5 Å². The summed E-state index contributed by atoms with van der Waals surface area (Å²) >= 11 is 0. The van der Waals surface area contributed by atoms with Crippen molar-refractivity contribution in [1.29, 1.82) is 0 Å². The van der Waals surface area contributed by atoms with E-state index in [0.29, 0.717) is 12.0 Å². The number of hydrogen-bond donors (Lipinski definition) is 0. The minimum Gasteiger partial charge on any atom is -0.378 e. The number of anilines is 1. The Morgan fingerprint density at radius 1 is 1.00 bits per heavy atom. The second kappa shape index (κ2) is 9.37. The number of pyridine rings is 1. The van der Waals surface area contributed by atoms with Gasteiger partial charge in [-0.1, -0.05) is 30.7 Å². The van der Waals surface area contributed by atoms with Crippen LogP contribution in [0, 0.1) is 5.92 Å². The smallest absolute Gasteiger partial charge is 0.253 e. The summed E-state index contributed by atoms with van der Waals surface area (Å²) in [5.74, 6) is 1.78. The normalized spacial score (nSPS) is 24.6. The lowest BCUT2D eigenvalue weighted by molar-refractivity contribution is 0.0773. The first-order valence-electron chi connectivity index (χ1n) is 11.6. The molecule has 2 aromatic rings. The van der Waals surface area contributed by atoms with Gasteiger partial charge in [0.25, 0.3) is 5.91 Å². The maximum atomic E-state index is 13.0. The van der Waals surface area contributed by atoms with E-state index in [0.717, 1.165) is 63.9 Å². The fourth-order valence-corrected chi connectivity index (χ4v) is 5.29. The number of carbonyl (C=O) groups excluding carboxylic acids is 1. The van der Waals surface area contributed by atoms with Crippen LogP contribution < -0.4 is 4.90 Å². The zero-order valence-electron chi connectivity index (χ0n) is 18.2. The van der Waals surface area contributed by atoms with Crippen molar-refractivity contribution in [2.75, 3.05) is 50.8 Å².